The number of hydrogen-bond donors (Lipinski definition) is 2. The highest BCUT2D eigenvalue weighted by Crippen LogP contribution is 2.14. The van der Waals surface area contributed by atoms with E-state index in [1.807, 2.05) is 29.7 Å². The van der Waals surface area contributed by atoms with Gasteiger partial charge in [-0.1, -0.05) is 17.8 Å². The molecule has 88 valence electrons. The van der Waals surface area contributed by atoms with Gasteiger partial charge >= 0.3 is 0 Å². The minimum absolute atomic E-state index is 0.186. The van der Waals surface area contributed by atoms with Gasteiger partial charge in [-0.2, -0.15) is 0 Å². The maximum absolute atomic E-state index is 10.6. The number of rotatable bonds is 5. The predicted molar refractivity (Wildman–Crippen MR) is 69.5 cm³/mol. The van der Waals surface area contributed by atoms with Crippen LogP contribution >= 0.6 is 23.1 Å². The fourth-order valence-electron chi connectivity index (χ4n) is 1.08. The van der Waals surface area contributed by atoms with Gasteiger partial charge in [0.15, 0.2) is 0 Å². The molecule has 5 nitrogen and oxygen atoms in total. The summed E-state index contributed by atoms with van der Waals surface area (Å²) in [4.78, 5) is 15.9. The SMILES string of the molecule is NC(=O)CSc1n[nH]c(/C=C/c2cccs2)n1. The van der Waals surface area contributed by atoms with E-state index in [0.29, 0.717) is 11.0 Å². The Morgan fingerprint density at radius 1 is 1.59 bits per heavy atom. The second-order valence-electron chi connectivity index (χ2n) is 3.11. The first-order valence-corrected chi connectivity index (χ1v) is 6.65. The maximum Gasteiger partial charge on any atom is 0.227 e. The standard InChI is InChI=1S/C10H10N4OS2/c11-8(15)6-17-10-12-9(13-14-10)4-3-7-2-1-5-16-7/h1-5H,6H2,(H2,11,15)(H,12,13,14)/b4-3+. The Balaban J connectivity index is 1.96. The summed E-state index contributed by atoms with van der Waals surface area (Å²) in [5.41, 5.74) is 5.03. The van der Waals surface area contributed by atoms with E-state index in [4.69, 9.17) is 5.73 Å². The van der Waals surface area contributed by atoms with E-state index >= 15 is 0 Å². The topological polar surface area (TPSA) is 84.7 Å². The van der Waals surface area contributed by atoms with E-state index in [9.17, 15) is 4.79 Å². The van der Waals surface area contributed by atoms with Gasteiger partial charge in [-0.3, -0.25) is 9.89 Å². The van der Waals surface area contributed by atoms with Crippen LogP contribution in [0.25, 0.3) is 12.2 Å². The van der Waals surface area contributed by atoms with Gasteiger partial charge in [-0.05, 0) is 23.6 Å². The molecule has 0 aliphatic rings. The van der Waals surface area contributed by atoms with Crippen LogP contribution in [0.5, 0.6) is 0 Å². The number of thiophene rings is 1. The fourth-order valence-corrected chi connectivity index (χ4v) is 2.24. The summed E-state index contributed by atoms with van der Waals surface area (Å²) in [6.07, 6.45) is 3.79. The van der Waals surface area contributed by atoms with Crippen molar-refractivity contribution in [1.82, 2.24) is 15.2 Å². The zero-order valence-electron chi connectivity index (χ0n) is 8.79. The summed E-state index contributed by atoms with van der Waals surface area (Å²) in [7, 11) is 0. The summed E-state index contributed by atoms with van der Waals surface area (Å²) in [6.45, 7) is 0. The molecule has 17 heavy (non-hydrogen) atoms. The number of H-pyrrole nitrogens is 1. The van der Waals surface area contributed by atoms with Gasteiger partial charge in [-0.15, -0.1) is 16.4 Å². The smallest absolute Gasteiger partial charge is 0.227 e. The van der Waals surface area contributed by atoms with Crippen molar-refractivity contribution >= 4 is 41.2 Å². The van der Waals surface area contributed by atoms with E-state index in [-0.39, 0.29) is 11.7 Å². The molecule has 0 aromatic carbocycles. The van der Waals surface area contributed by atoms with Crippen LogP contribution in [0.15, 0.2) is 22.7 Å². The third-order valence-electron chi connectivity index (χ3n) is 1.77. The van der Waals surface area contributed by atoms with Crippen molar-refractivity contribution in [2.75, 3.05) is 5.75 Å². The molecule has 2 heterocycles. The minimum Gasteiger partial charge on any atom is -0.369 e. The molecule has 3 N–H and O–H groups in total. The Kier molecular flexibility index (Phi) is 3.94. The van der Waals surface area contributed by atoms with E-state index < -0.39 is 0 Å². The first kappa shape index (κ1) is 11.9. The molecule has 0 radical (unpaired) electrons. The number of aromatic nitrogens is 3. The molecule has 0 spiro atoms. The van der Waals surface area contributed by atoms with Gasteiger partial charge in [0.05, 0.1) is 5.75 Å². The van der Waals surface area contributed by atoms with Crippen LogP contribution in [-0.2, 0) is 4.79 Å². The molecule has 0 bridgehead atoms. The number of carbonyl (C=O) groups is 1. The first-order chi connectivity index (χ1) is 8.24. The highest BCUT2D eigenvalue weighted by molar-refractivity contribution is 7.99. The van der Waals surface area contributed by atoms with E-state index in [0.717, 1.165) is 4.88 Å². The number of hydrogen-bond acceptors (Lipinski definition) is 5. The molecular weight excluding hydrogens is 256 g/mol. The zero-order chi connectivity index (χ0) is 12.1. The van der Waals surface area contributed by atoms with Gasteiger partial charge in [0, 0.05) is 4.88 Å². The molecule has 0 aliphatic heterocycles. The normalized spacial score (nSPS) is 11.1. The Bertz CT molecular complexity index is 518. The van der Waals surface area contributed by atoms with Crippen LogP contribution in [0, 0.1) is 0 Å². The number of nitrogens with one attached hydrogen (secondary N) is 1. The van der Waals surface area contributed by atoms with Gasteiger partial charge in [0.2, 0.25) is 11.1 Å². The Morgan fingerprint density at radius 2 is 2.47 bits per heavy atom. The minimum atomic E-state index is -0.379. The zero-order valence-corrected chi connectivity index (χ0v) is 10.4. The van der Waals surface area contributed by atoms with Crippen molar-refractivity contribution in [3.8, 4) is 0 Å². The number of aromatic amines is 1. The average molecular weight is 266 g/mol. The third-order valence-corrected chi connectivity index (χ3v) is 3.48. The molecule has 2 aromatic rings. The van der Waals surface area contributed by atoms with Crippen LogP contribution < -0.4 is 5.73 Å². The summed E-state index contributed by atoms with van der Waals surface area (Å²) >= 11 is 2.86. The number of amides is 1. The Hall–Kier alpha value is -1.60. The number of primary amides is 1. The number of nitrogens with zero attached hydrogens (tertiary/aromatic N) is 2. The molecular formula is C10H10N4OS2. The lowest BCUT2D eigenvalue weighted by molar-refractivity contribution is -0.115. The summed E-state index contributed by atoms with van der Waals surface area (Å²) in [5.74, 6) is 0.465. The van der Waals surface area contributed by atoms with E-state index in [1.165, 1.54) is 11.8 Å². The largest absolute Gasteiger partial charge is 0.369 e. The predicted octanol–water partition coefficient (Wildman–Crippen LogP) is 1.61. The van der Waals surface area contributed by atoms with Gasteiger partial charge < -0.3 is 5.73 Å². The van der Waals surface area contributed by atoms with Gasteiger partial charge in [0.25, 0.3) is 0 Å². The molecule has 1 amide bonds. The number of nitrogens with two attached hydrogens (primary N) is 1. The third kappa shape index (κ3) is 3.72. The van der Waals surface area contributed by atoms with Crippen molar-refractivity contribution in [1.29, 1.82) is 0 Å². The van der Waals surface area contributed by atoms with Gasteiger partial charge in [0.1, 0.15) is 5.82 Å². The average Bonchev–Trinajstić information content (AvgIpc) is 2.95. The Labute approximate surface area is 106 Å². The van der Waals surface area contributed by atoms with Crippen molar-refractivity contribution in [3.63, 3.8) is 0 Å². The summed E-state index contributed by atoms with van der Waals surface area (Å²) in [5, 5.41) is 9.27. The van der Waals surface area contributed by atoms with Crippen LogP contribution in [0.1, 0.15) is 10.7 Å². The van der Waals surface area contributed by atoms with Crippen LogP contribution in [0.3, 0.4) is 0 Å². The van der Waals surface area contributed by atoms with Crippen LogP contribution in [0.4, 0.5) is 0 Å². The first-order valence-electron chi connectivity index (χ1n) is 4.79. The van der Waals surface area contributed by atoms with Crippen molar-refractivity contribution < 1.29 is 4.79 Å². The lowest BCUT2D eigenvalue weighted by Crippen LogP contribution is -2.13. The highest BCUT2D eigenvalue weighted by Gasteiger charge is 2.03. The summed E-state index contributed by atoms with van der Waals surface area (Å²) in [6, 6.07) is 4.00. The van der Waals surface area contributed by atoms with Crippen molar-refractivity contribution in [2.45, 2.75) is 5.16 Å². The molecule has 2 aromatic heterocycles. The molecule has 2 rings (SSSR count). The van der Waals surface area contributed by atoms with Crippen molar-refractivity contribution in [3.05, 3.63) is 28.2 Å². The monoisotopic (exact) mass is 266 g/mol. The molecule has 0 saturated heterocycles. The second-order valence-corrected chi connectivity index (χ2v) is 5.03. The quantitative estimate of drug-likeness (QED) is 0.805. The van der Waals surface area contributed by atoms with Gasteiger partial charge in [-0.25, -0.2) is 4.98 Å². The molecule has 0 atom stereocenters. The van der Waals surface area contributed by atoms with E-state index in [1.54, 1.807) is 11.3 Å². The van der Waals surface area contributed by atoms with Crippen LogP contribution in [-0.4, -0.2) is 26.8 Å². The highest BCUT2D eigenvalue weighted by atomic mass is 32.2. The van der Waals surface area contributed by atoms with E-state index in [2.05, 4.69) is 15.2 Å². The lowest BCUT2D eigenvalue weighted by atomic mass is 10.4. The lowest BCUT2D eigenvalue weighted by Gasteiger charge is -1.88. The second kappa shape index (κ2) is 5.65. The molecule has 7 heteroatoms. The fraction of sp³-hybridized carbons (Fsp3) is 0.100. The molecule has 0 fully saturated rings. The summed E-state index contributed by atoms with van der Waals surface area (Å²) < 4.78 is 0. The molecule has 0 saturated carbocycles. The van der Waals surface area contributed by atoms with Crippen molar-refractivity contribution in [2.24, 2.45) is 5.73 Å². The number of thioether (sulfide) groups is 1. The number of carbonyl (C=O) groups excluding carboxylic acids is 1. The van der Waals surface area contributed by atoms with Crippen LogP contribution in [0.2, 0.25) is 0 Å². The molecule has 0 unspecified atom stereocenters. The Morgan fingerprint density at radius 3 is 3.18 bits per heavy atom. The molecule has 0 aliphatic carbocycles. The maximum atomic E-state index is 10.6.